The molecule has 0 amide bonds. The number of benzene rings is 1. The highest BCUT2D eigenvalue weighted by molar-refractivity contribution is 5.51. The van der Waals surface area contributed by atoms with E-state index in [1.54, 1.807) is 7.11 Å². The molecule has 0 spiro atoms. The van der Waals surface area contributed by atoms with E-state index in [4.69, 9.17) is 9.47 Å². The highest BCUT2D eigenvalue weighted by Crippen LogP contribution is 2.19. The summed E-state index contributed by atoms with van der Waals surface area (Å²) in [6, 6.07) is 8.50. The fraction of sp³-hybridized carbons (Fsp3) is 0.600. The van der Waals surface area contributed by atoms with E-state index in [9.17, 15) is 0 Å². The van der Waals surface area contributed by atoms with E-state index >= 15 is 0 Å². The average Bonchev–Trinajstić information content (AvgIpc) is 2.45. The predicted molar refractivity (Wildman–Crippen MR) is 74.1 cm³/mol. The summed E-state index contributed by atoms with van der Waals surface area (Å²) in [7, 11) is 1.75. The molecule has 0 radical (unpaired) electrons. The zero-order valence-electron chi connectivity index (χ0n) is 11.2. The molecule has 1 heterocycles. The number of hydrogen-bond acceptors (Lipinski definition) is 3. The van der Waals surface area contributed by atoms with Crippen molar-refractivity contribution in [2.75, 3.05) is 38.8 Å². The van der Waals surface area contributed by atoms with Crippen molar-refractivity contribution in [3.05, 3.63) is 29.8 Å². The minimum Gasteiger partial charge on any atom is -0.385 e. The number of anilines is 1. The monoisotopic (exact) mass is 249 g/mol. The van der Waals surface area contributed by atoms with Crippen LogP contribution in [0.5, 0.6) is 0 Å². The van der Waals surface area contributed by atoms with Crippen LogP contribution in [0.15, 0.2) is 24.3 Å². The van der Waals surface area contributed by atoms with Gasteiger partial charge in [0.2, 0.25) is 0 Å². The first-order valence-electron chi connectivity index (χ1n) is 6.78. The van der Waals surface area contributed by atoms with Crippen molar-refractivity contribution in [1.82, 2.24) is 0 Å². The lowest BCUT2D eigenvalue weighted by molar-refractivity contribution is 0.0699. The number of para-hydroxylation sites is 1. The summed E-state index contributed by atoms with van der Waals surface area (Å²) in [5.74, 6) is 0.745. The summed E-state index contributed by atoms with van der Waals surface area (Å²) >= 11 is 0. The maximum Gasteiger partial charge on any atom is 0.0503 e. The molecule has 2 rings (SSSR count). The van der Waals surface area contributed by atoms with Crippen molar-refractivity contribution >= 4 is 5.69 Å². The number of hydrogen-bond donors (Lipinski definition) is 1. The Morgan fingerprint density at radius 2 is 2.06 bits per heavy atom. The Labute approximate surface area is 109 Å². The molecule has 18 heavy (non-hydrogen) atoms. The van der Waals surface area contributed by atoms with E-state index in [0.29, 0.717) is 0 Å². The first kappa shape index (κ1) is 13.4. The van der Waals surface area contributed by atoms with Crippen LogP contribution >= 0.6 is 0 Å². The van der Waals surface area contributed by atoms with Gasteiger partial charge in [0.25, 0.3) is 0 Å². The molecule has 0 aromatic heterocycles. The fourth-order valence-electron chi connectivity index (χ4n) is 2.33. The van der Waals surface area contributed by atoms with Crippen molar-refractivity contribution in [3.63, 3.8) is 0 Å². The van der Waals surface area contributed by atoms with Gasteiger partial charge in [0.15, 0.2) is 0 Å². The summed E-state index contributed by atoms with van der Waals surface area (Å²) < 4.78 is 10.5. The Bertz CT molecular complexity index is 348. The van der Waals surface area contributed by atoms with Gasteiger partial charge in [-0.25, -0.2) is 0 Å². The quantitative estimate of drug-likeness (QED) is 0.841. The zero-order chi connectivity index (χ0) is 12.6. The zero-order valence-corrected chi connectivity index (χ0v) is 11.2. The summed E-state index contributed by atoms with van der Waals surface area (Å²) in [6.45, 7) is 3.65. The first-order chi connectivity index (χ1) is 8.90. The average molecular weight is 249 g/mol. The Morgan fingerprint density at radius 1 is 1.28 bits per heavy atom. The molecule has 1 N–H and O–H groups in total. The topological polar surface area (TPSA) is 30.5 Å². The molecule has 0 aliphatic carbocycles. The van der Waals surface area contributed by atoms with E-state index in [1.165, 1.54) is 24.1 Å². The maximum atomic E-state index is 5.38. The third-order valence-corrected chi connectivity index (χ3v) is 3.51. The van der Waals surface area contributed by atoms with E-state index in [0.717, 1.165) is 38.7 Å². The molecule has 0 atom stereocenters. The van der Waals surface area contributed by atoms with Crippen LogP contribution in [-0.4, -0.2) is 33.5 Å². The van der Waals surface area contributed by atoms with E-state index in [-0.39, 0.29) is 0 Å². The maximum absolute atomic E-state index is 5.38. The third kappa shape index (κ3) is 4.00. The molecule has 0 saturated carbocycles. The summed E-state index contributed by atoms with van der Waals surface area (Å²) in [5, 5.41) is 3.58. The molecule has 0 bridgehead atoms. The Hall–Kier alpha value is -1.06. The Morgan fingerprint density at radius 3 is 2.83 bits per heavy atom. The molecular weight excluding hydrogens is 226 g/mol. The molecule has 1 aliphatic heterocycles. The third-order valence-electron chi connectivity index (χ3n) is 3.51. The Kier molecular flexibility index (Phi) is 5.49. The minimum atomic E-state index is 0.745. The summed E-state index contributed by atoms with van der Waals surface area (Å²) in [6.07, 6.45) is 3.31. The van der Waals surface area contributed by atoms with Gasteiger partial charge in [0.05, 0.1) is 6.61 Å². The van der Waals surface area contributed by atoms with Crippen LogP contribution in [0.1, 0.15) is 18.4 Å². The standard InChI is InChI=1S/C15H23NO2/c1-17-9-8-14-4-2-3-5-15(14)16-12-13-6-10-18-11-7-13/h2-5,13,16H,6-12H2,1H3. The van der Waals surface area contributed by atoms with Gasteiger partial charge in [-0.05, 0) is 36.8 Å². The van der Waals surface area contributed by atoms with Crippen molar-refractivity contribution in [1.29, 1.82) is 0 Å². The molecule has 1 saturated heterocycles. The van der Waals surface area contributed by atoms with Crippen LogP contribution in [0.2, 0.25) is 0 Å². The Balaban J connectivity index is 1.87. The molecule has 100 valence electrons. The van der Waals surface area contributed by atoms with Gasteiger partial charge < -0.3 is 14.8 Å². The number of methoxy groups -OCH3 is 1. The summed E-state index contributed by atoms with van der Waals surface area (Å²) in [4.78, 5) is 0. The molecule has 1 aliphatic rings. The van der Waals surface area contributed by atoms with E-state index < -0.39 is 0 Å². The number of rotatable bonds is 6. The molecule has 3 heteroatoms. The van der Waals surface area contributed by atoms with Gasteiger partial charge in [0.1, 0.15) is 0 Å². The van der Waals surface area contributed by atoms with Gasteiger partial charge in [-0.1, -0.05) is 18.2 Å². The van der Waals surface area contributed by atoms with Gasteiger partial charge in [-0.15, -0.1) is 0 Å². The molecule has 0 unspecified atom stereocenters. The van der Waals surface area contributed by atoms with Crippen molar-refractivity contribution in [2.45, 2.75) is 19.3 Å². The second-order valence-corrected chi connectivity index (χ2v) is 4.84. The van der Waals surface area contributed by atoms with E-state index in [1.807, 2.05) is 0 Å². The van der Waals surface area contributed by atoms with Crippen LogP contribution in [0, 0.1) is 5.92 Å². The van der Waals surface area contributed by atoms with Crippen molar-refractivity contribution in [2.24, 2.45) is 5.92 Å². The number of nitrogens with one attached hydrogen (secondary N) is 1. The highest BCUT2D eigenvalue weighted by atomic mass is 16.5. The minimum absolute atomic E-state index is 0.745. The molecule has 1 aromatic rings. The van der Waals surface area contributed by atoms with E-state index in [2.05, 4.69) is 29.6 Å². The van der Waals surface area contributed by atoms with Crippen LogP contribution in [0.4, 0.5) is 5.69 Å². The molecule has 1 aromatic carbocycles. The fourth-order valence-corrected chi connectivity index (χ4v) is 2.33. The first-order valence-corrected chi connectivity index (χ1v) is 6.78. The van der Waals surface area contributed by atoms with Gasteiger partial charge >= 0.3 is 0 Å². The molecular formula is C15H23NO2. The van der Waals surface area contributed by atoms with Crippen LogP contribution < -0.4 is 5.32 Å². The highest BCUT2D eigenvalue weighted by Gasteiger charge is 2.13. The van der Waals surface area contributed by atoms with Crippen molar-refractivity contribution in [3.8, 4) is 0 Å². The van der Waals surface area contributed by atoms with Crippen LogP contribution in [0.25, 0.3) is 0 Å². The lowest BCUT2D eigenvalue weighted by atomic mass is 10.00. The van der Waals surface area contributed by atoms with Crippen LogP contribution in [-0.2, 0) is 15.9 Å². The second kappa shape index (κ2) is 7.39. The normalized spacial score (nSPS) is 16.7. The molecule has 3 nitrogen and oxygen atoms in total. The van der Waals surface area contributed by atoms with Gasteiger partial charge in [-0.2, -0.15) is 0 Å². The smallest absolute Gasteiger partial charge is 0.0503 e. The predicted octanol–water partition coefficient (Wildman–Crippen LogP) is 2.71. The SMILES string of the molecule is COCCc1ccccc1NCC1CCOCC1. The second-order valence-electron chi connectivity index (χ2n) is 4.84. The van der Waals surface area contributed by atoms with Crippen LogP contribution in [0.3, 0.4) is 0 Å². The molecule has 1 fully saturated rings. The number of ether oxygens (including phenoxy) is 2. The largest absolute Gasteiger partial charge is 0.385 e. The summed E-state index contributed by atoms with van der Waals surface area (Å²) in [5.41, 5.74) is 2.59. The van der Waals surface area contributed by atoms with Gasteiger partial charge in [-0.3, -0.25) is 0 Å². The lowest BCUT2D eigenvalue weighted by Gasteiger charge is -2.23. The lowest BCUT2D eigenvalue weighted by Crippen LogP contribution is -2.23. The van der Waals surface area contributed by atoms with Gasteiger partial charge in [0, 0.05) is 32.6 Å². The van der Waals surface area contributed by atoms with Crippen molar-refractivity contribution < 1.29 is 9.47 Å².